The molecule has 2 aromatic heterocycles. The van der Waals surface area contributed by atoms with E-state index in [1.54, 1.807) is 30.9 Å². The van der Waals surface area contributed by atoms with Gasteiger partial charge in [0.2, 0.25) is 10.0 Å². The standard InChI is InChI=1S/C25H25N5O3S/c1-18(2)29-34(32,33)23-10-8-20(9-11-23)25(31)27-16-21-17-30(22-6-4-3-5-7-22)28-24(21)19-12-14-26-15-13-19/h3-15,17-18,29H,16H2,1-2H3,(H,27,31). The fraction of sp³-hybridized carbons (Fsp3) is 0.160. The Morgan fingerprint density at radius 2 is 1.65 bits per heavy atom. The Labute approximate surface area is 198 Å². The zero-order valence-electron chi connectivity index (χ0n) is 18.8. The number of sulfonamides is 1. The first-order valence-corrected chi connectivity index (χ1v) is 12.3. The van der Waals surface area contributed by atoms with Crippen LogP contribution in [0.5, 0.6) is 0 Å². The SMILES string of the molecule is CC(C)NS(=O)(=O)c1ccc(C(=O)NCc2cn(-c3ccccc3)nc2-c2ccncc2)cc1. The lowest BCUT2D eigenvalue weighted by atomic mass is 10.1. The van der Waals surface area contributed by atoms with Crippen LogP contribution in [0.15, 0.2) is 90.2 Å². The minimum absolute atomic E-state index is 0.113. The van der Waals surface area contributed by atoms with E-state index in [9.17, 15) is 13.2 Å². The predicted octanol–water partition coefficient (Wildman–Crippen LogP) is 3.55. The molecule has 4 aromatic rings. The number of carbonyl (C=O) groups is 1. The first-order chi connectivity index (χ1) is 16.3. The zero-order valence-corrected chi connectivity index (χ0v) is 19.7. The zero-order chi connectivity index (χ0) is 24.1. The van der Waals surface area contributed by atoms with Gasteiger partial charge in [-0.25, -0.2) is 17.8 Å². The second-order valence-electron chi connectivity index (χ2n) is 8.00. The maximum atomic E-state index is 12.8. The van der Waals surface area contributed by atoms with Crippen molar-refractivity contribution >= 4 is 15.9 Å². The molecule has 174 valence electrons. The molecule has 2 aromatic carbocycles. The van der Waals surface area contributed by atoms with Crippen molar-refractivity contribution in [2.24, 2.45) is 0 Å². The molecule has 9 heteroatoms. The minimum atomic E-state index is -3.61. The van der Waals surface area contributed by atoms with Gasteiger partial charge in [0.1, 0.15) is 0 Å². The molecule has 2 heterocycles. The Hall–Kier alpha value is -3.82. The van der Waals surface area contributed by atoms with Crippen LogP contribution in [-0.2, 0) is 16.6 Å². The highest BCUT2D eigenvalue weighted by atomic mass is 32.2. The summed E-state index contributed by atoms with van der Waals surface area (Å²) in [6, 6.07) is 19.1. The van der Waals surface area contributed by atoms with Crippen molar-refractivity contribution in [1.82, 2.24) is 24.8 Å². The van der Waals surface area contributed by atoms with Crippen molar-refractivity contribution in [3.05, 3.63) is 96.4 Å². The number of hydrogen-bond donors (Lipinski definition) is 2. The second-order valence-corrected chi connectivity index (χ2v) is 9.72. The fourth-order valence-corrected chi connectivity index (χ4v) is 4.70. The number of aromatic nitrogens is 3. The molecule has 1 amide bonds. The van der Waals surface area contributed by atoms with E-state index in [-0.39, 0.29) is 23.4 Å². The number of pyridine rings is 1. The van der Waals surface area contributed by atoms with Crippen LogP contribution in [0.25, 0.3) is 16.9 Å². The Morgan fingerprint density at radius 1 is 0.971 bits per heavy atom. The van der Waals surface area contributed by atoms with Crippen LogP contribution in [-0.4, -0.2) is 35.1 Å². The summed E-state index contributed by atoms with van der Waals surface area (Å²) in [7, 11) is -3.61. The molecule has 0 unspecified atom stereocenters. The molecular weight excluding hydrogens is 450 g/mol. The normalized spacial score (nSPS) is 11.5. The summed E-state index contributed by atoms with van der Waals surface area (Å²) in [4.78, 5) is 16.9. The Bertz CT molecular complexity index is 1370. The van der Waals surface area contributed by atoms with Crippen LogP contribution < -0.4 is 10.0 Å². The number of nitrogens with one attached hydrogen (secondary N) is 2. The first-order valence-electron chi connectivity index (χ1n) is 10.8. The second kappa shape index (κ2) is 9.98. The van der Waals surface area contributed by atoms with Crippen molar-refractivity contribution in [1.29, 1.82) is 0 Å². The summed E-state index contributed by atoms with van der Waals surface area (Å²) < 4.78 is 28.9. The molecule has 0 radical (unpaired) electrons. The quantitative estimate of drug-likeness (QED) is 0.405. The summed E-state index contributed by atoms with van der Waals surface area (Å²) in [6.07, 6.45) is 5.28. The molecule has 0 saturated heterocycles. The number of nitrogens with zero attached hydrogens (tertiary/aromatic N) is 3. The third kappa shape index (κ3) is 5.38. The summed E-state index contributed by atoms with van der Waals surface area (Å²) in [5.74, 6) is -0.311. The topological polar surface area (TPSA) is 106 Å². The first kappa shape index (κ1) is 23.3. The lowest BCUT2D eigenvalue weighted by molar-refractivity contribution is 0.0951. The minimum Gasteiger partial charge on any atom is -0.348 e. The Morgan fingerprint density at radius 3 is 2.29 bits per heavy atom. The number of benzene rings is 2. The molecule has 0 aliphatic heterocycles. The molecule has 0 fully saturated rings. The molecule has 4 rings (SSSR count). The van der Waals surface area contributed by atoms with E-state index in [1.807, 2.05) is 48.7 Å². The molecule has 0 saturated carbocycles. The van der Waals surface area contributed by atoms with Gasteiger partial charge in [-0.05, 0) is 62.4 Å². The number of hydrogen-bond acceptors (Lipinski definition) is 5. The number of amides is 1. The van der Waals surface area contributed by atoms with Crippen LogP contribution >= 0.6 is 0 Å². The van der Waals surface area contributed by atoms with Gasteiger partial charge >= 0.3 is 0 Å². The molecule has 0 aliphatic rings. The highest BCUT2D eigenvalue weighted by molar-refractivity contribution is 7.89. The fourth-order valence-electron chi connectivity index (χ4n) is 3.45. The molecule has 0 spiro atoms. The average Bonchev–Trinajstić information content (AvgIpc) is 3.27. The molecule has 2 N–H and O–H groups in total. The lowest BCUT2D eigenvalue weighted by Gasteiger charge is -2.10. The summed E-state index contributed by atoms with van der Waals surface area (Å²) in [5.41, 5.74) is 3.74. The van der Waals surface area contributed by atoms with Crippen LogP contribution in [0.1, 0.15) is 29.8 Å². The van der Waals surface area contributed by atoms with Crippen molar-refractivity contribution in [2.45, 2.75) is 31.3 Å². The van der Waals surface area contributed by atoms with E-state index in [0.717, 1.165) is 22.5 Å². The number of rotatable bonds is 8. The molecular formula is C25H25N5O3S. The van der Waals surface area contributed by atoms with E-state index in [2.05, 4.69) is 15.0 Å². The Kier molecular flexibility index (Phi) is 6.85. The summed E-state index contributed by atoms with van der Waals surface area (Å²) >= 11 is 0. The third-order valence-electron chi connectivity index (χ3n) is 5.02. The van der Waals surface area contributed by atoms with Gasteiger partial charge in [0.15, 0.2) is 0 Å². The van der Waals surface area contributed by atoms with E-state index in [1.165, 1.54) is 24.3 Å². The van der Waals surface area contributed by atoms with Gasteiger partial charge in [0, 0.05) is 47.9 Å². The van der Waals surface area contributed by atoms with E-state index < -0.39 is 10.0 Å². The Balaban J connectivity index is 1.54. The van der Waals surface area contributed by atoms with Gasteiger partial charge in [0.05, 0.1) is 16.3 Å². The highest BCUT2D eigenvalue weighted by Gasteiger charge is 2.17. The van der Waals surface area contributed by atoms with Gasteiger partial charge in [-0.15, -0.1) is 0 Å². The molecule has 0 aliphatic carbocycles. The van der Waals surface area contributed by atoms with Crippen molar-refractivity contribution in [2.75, 3.05) is 0 Å². The van der Waals surface area contributed by atoms with E-state index >= 15 is 0 Å². The van der Waals surface area contributed by atoms with Gasteiger partial charge in [-0.2, -0.15) is 5.10 Å². The predicted molar refractivity (Wildman–Crippen MR) is 130 cm³/mol. The smallest absolute Gasteiger partial charge is 0.251 e. The summed E-state index contributed by atoms with van der Waals surface area (Å²) in [6.45, 7) is 3.75. The molecule has 8 nitrogen and oxygen atoms in total. The van der Waals surface area contributed by atoms with Crippen LogP contribution in [0.3, 0.4) is 0 Å². The van der Waals surface area contributed by atoms with Crippen LogP contribution in [0, 0.1) is 0 Å². The molecule has 0 atom stereocenters. The van der Waals surface area contributed by atoms with Gasteiger partial charge < -0.3 is 5.32 Å². The monoisotopic (exact) mass is 475 g/mol. The van der Waals surface area contributed by atoms with E-state index in [4.69, 9.17) is 5.10 Å². The van der Waals surface area contributed by atoms with Gasteiger partial charge in [0.25, 0.3) is 5.91 Å². The van der Waals surface area contributed by atoms with E-state index in [0.29, 0.717) is 5.56 Å². The number of carbonyl (C=O) groups excluding carboxylic acids is 1. The maximum Gasteiger partial charge on any atom is 0.251 e. The third-order valence-corrected chi connectivity index (χ3v) is 6.70. The van der Waals surface area contributed by atoms with Crippen LogP contribution in [0.4, 0.5) is 0 Å². The largest absolute Gasteiger partial charge is 0.348 e. The van der Waals surface area contributed by atoms with Crippen LogP contribution in [0.2, 0.25) is 0 Å². The molecule has 0 bridgehead atoms. The summed E-state index contributed by atoms with van der Waals surface area (Å²) in [5, 5.41) is 7.64. The maximum absolute atomic E-state index is 12.8. The van der Waals surface area contributed by atoms with Gasteiger partial charge in [-0.3, -0.25) is 9.78 Å². The lowest BCUT2D eigenvalue weighted by Crippen LogP contribution is -2.30. The average molecular weight is 476 g/mol. The van der Waals surface area contributed by atoms with Gasteiger partial charge in [-0.1, -0.05) is 18.2 Å². The molecule has 34 heavy (non-hydrogen) atoms. The van der Waals surface area contributed by atoms with Crippen molar-refractivity contribution < 1.29 is 13.2 Å². The number of para-hydroxylation sites is 1. The van der Waals surface area contributed by atoms with Crippen molar-refractivity contribution in [3.8, 4) is 16.9 Å². The van der Waals surface area contributed by atoms with Crippen molar-refractivity contribution in [3.63, 3.8) is 0 Å². The highest BCUT2D eigenvalue weighted by Crippen LogP contribution is 2.23.